The number of aliphatic hydroxyl groups is 1. The van der Waals surface area contributed by atoms with E-state index in [9.17, 15) is 19.5 Å². The Morgan fingerprint density at radius 2 is 1.49 bits per heavy atom. The molecule has 0 bridgehead atoms. The Labute approximate surface area is 355 Å². The predicted molar refractivity (Wildman–Crippen MR) is 237 cm³/mol. The number of carbonyl (C=O) groups excluding carboxylic acids is 2. The number of aliphatic hydroxyl groups excluding tert-OH is 1. The maximum absolute atomic E-state index is 12.9. The number of aromatic amines is 1. The minimum Gasteiger partial charge on any atom is -0.397 e. The molecule has 2 saturated heterocycles. The van der Waals surface area contributed by atoms with E-state index in [0.717, 1.165) is 76.9 Å². The van der Waals surface area contributed by atoms with E-state index in [1.54, 1.807) is 12.1 Å². The van der Waals surface area contributed by atoms with Gasteiger partial charge >= 0.3 is 5.69 Å². The monoisotopic (exact) mass is 822 g/mol. The highest BCUT2D eigenvalue weighted by molar-refractivity contribution is 5.93. The molecule has 0 aliphatic carbocycles. The number of imidazole rings is 1. The van der Waals surface area contributed by atoms with Gasteiger partial charge in [-0.3, -0.25) is 14.2 Å². The second-order valence-electron chi connectivity index (χ2n) is 16.1. The number of ether oxygens (including phenoxy) is 2. The molecule has 3 heterocycles. The van der Waals surface area contributed by atoms with Gasteiger partial charge in [-0.2, -0.15) is 0 Å². The standard InChI is InChI=1S/C49H54N6O6/c50-41-10-1-2-11-42(41)52-47(58)15-6-5-14-46(57)51-30-34-8-7-9-38(28-34)35-20-22-37(23-21-35)48-60-40(29-45(61-48)36-18-16-33(32-56)17-19-36)31-54-26-24-39(25-27-54)55-44-13-4-3-12-43(44)53-49(55)59/h1-4,7-13,16-23,28,39-40,45,48,56H,5-6,14-15,24-27,29-32,50H2,(H,51,57)(H,52,58)(H,53,59). The molecule has 3 unspecified atom stereocenters. The maximum atomic E-state index is 12.9. The molecular weight excluding hydrogens is 769 g/mol. The quantitative estimate of drug-likeness (QED) is 0.0518. The van der Waals surface area contributed by atoms with Gasteiger partial charge in [0.1, 0.15) is 0 Å². The molecule has 6 aromatic rings. The van der Waals surface area contributed by atoms with Crippen LogP contribution in [0.25, 0.3) is 22.2 Å². The molecule has 316 valence electrons. The lowest BCUT2D eigenvalue weighted by Crippen LogP contribution is -2.43. The van der Waals surface area contributed by atoms with E-state index in [-0.39, 0.29) is 42.4 Å². The van der Waals surface area contributed by atoms with Crippen molar-refractivity contribution in [1.29, 1.82) is 0 Å². The van der Waals surface area contributed by atoms with Crippen molar-refractivity contribution in [3.8, 4) is 11.1 Å². The zero-order valence-corrected chi connectivity index (χ0v) is 34.3. The van der Waals surface area contributed by atoms with Gasteiger partial charge < -0.3 is 40.8 Å². The van der Waals surface area contributed by atoms with Crippen LogP contribution in [0, 0.1) is 0 Å². The van der Waals surface area contributed by atoms with Crippen LogP contribution in [0.5, 0.6) is 0 Å². The van der Waals surface area contributed by atoms with Crippen LogP contribution in [0.2, 0.25) is 0 Å². The Kier molecular flexibility index (Phi) is 13.4. The van der Waals surface area contributed by atoms with E-state index in [2.05, 4.69) is 56.9 Å². The van der Waals surface area contributed by atoms with Crippen LogP contribution in [-0.2, 0) is 32.2 Å². The third-order valence-corrected chi connectivity index (χ3v) is 11.8. The van der Waals surface area contributed by atoms with Crippen molar-refractivity contribution in [3.63, 3.8) is 0 Å². The van der Waals surface area contributed by atoms with Gasteiger partial charge in [0.2, 0.25) is 11.8 Å². The summed E-state index contributed by atoms with van der Waals surface area (Å²) in [6, 6.07) is 39.5. The number of amides is 2. The number of rotatable bonds is 15. The highest BCUT2D eigenvalue weighted by Gasteiger charge is 2.34. The first-order chi connectivity index (χ1) is 29.8. The van der Waals surface area contributed by atoms with E-state index >= 15 is 0 Å². The van der Waals surface area contributed by atoms with Gasteiger partial charge in [0.05, 0.1) is 41.2 Å². The smallest absolute Gasteiger partial charge is 0.326 e. The molecule has 1 aromatic heterocycles. The van der Waals surface area contributed by atoms with Crippen molar-refractivity contribution in [2.45, 2.75) is 82.6 Å². The number of hydrogen-bond donors (Lipinski definition) is 5. The van der Waals surface area contributed by atoms with Crippen LogP contribution in [0.15, 0.2) is 126 Å². The van der Waals surface area contributed by atoms with Crippen LogP contribution < -0.4 is 22.1 Å². The molecular formula is C49H54N6O6. The largest absolute Gasteiger partial charge is 0.397 e. The lowest BCUT2D eigenvalue weighted by molar-refractivity contribution is -0.253. The Bertz CT molecular complexity index is 2470. The van der Waals surface area contributed by atoms with Crippen molar-refractivity contribution >= 4 is 34.2 Å². The fourth-order valence-corrected chi connectivity index (χ4v) is 8.50. The summed E-state index contributed by atoms with van der Waals surface area (Å²) in [6.07, 6.45) is 3.47. The number of carbonyl (C=O) groups is 2. The number of para-hydroxylation sites is 4. The number of H-pyrrole nitrogens is 1. The maximum Gasteiger partial charge on any atom is 0.326 e. The number of likely N-dealkylation sites (tertiary alicyclic amines) is 1. The molecule has 3 atom stereocenters. The number of fused-ring (bicyclic) bond motifs is 1. The molecule has 0 radical (unpaired) electrons. The number of hydrogen-bond acceptors (Lipinski definition) is 8. The van der Waals surface area contributed by atoms with Crippen LogP contribution in [-0.4, -0.2) is 57.1 Å². The van der Waals surface area contributed by atoms with E-state index in [0.29, 0.717) is 50.0 Å². The fourth-order valence-electron chi connectivity index (χ4n) is 8.50. The SMILES string of the molecule is Nc1ccccc1NC(=O)CCCCC(=O)NCc1cccc(-c2ccc(C3OC(CN4CCC(n5c(=O)[nH]c6ccccc65)CC4)CC(c4ccc(CO)cc4)O3)cc2)c1. The summed E-state index contributed by atoms with van der Waals surface area (Å²) in [5, 5.41) is 15.5. The summed E-state index contributed by atoms with van der Waals surface area (Å²) < 4.78 is 15.3. The molecule has 5 aromatic carbocycles. The number of nitrogens with one attached hydrogen (secondary N) is 3. The van der Waals surface area contributed by atoms with Gasteiger partial charge in [0.25, 0.3) is 0 Å². The summed E-state index contributed by atoms with van der Waals surface area (Å²) in [5.41, 5.74) is 14.7. The average Bonchev–Trinajstić information content (AvgIpc) is 3.63. The Morgan fingerprint density at radius 3 is 2.26 bits per heavy atom. The first-order valence-electron chi connectivity index (χ1n) is 21.3. The minimum atomic E-state index is -0.573. The lowest BCUT2D eigenvalue weighted by atomic mass is 9.98. The Morgan fingerprint density at radius 1 is 0.770 bits per heavy atom. The van der Waals surface area contributed by atoms with Gasteiger partial charge in [-0.15, -0.1) is 0 Å². The van der Waals surface area contributed by atoms with Crippen molar-refractivity contribution in [2.75, 3.05) is 30.7 Å². The minimum absolute atomic E-state index is 0.0136. The van der Waals surface area contributed by atoms with Crippen LogP contribution >= 0.6 is 0 Å². The average molecular weight is 823 g/mol. The second-order valence-corrected chi connectivity index (χ2v) is 16.1. The molecule has 12 nitrogen and oxygen atoms in total. The molecule has 2 aliphatic rings. The summed E-state index contributed by atoms with van der Waals surface area (Å²) in [4.78, 5) is 43.3. The first-order valence-corrected chi connectivity index (χ1v) is 21.3. The zero-order valence-electron chi connectivity index (χ0n) is 34.3. The summed E-state index contributed by atoms with van der Waals surface area (Å²) >= 11 is 0. The van der Waals surface area contributed by atoms with Crippen molar-refractivity contribution in [1.82, 2.24) is 19.8 Å². The molecule has 2 fully saturated rings. The van der Waals surface area contributed by atoms with Gasteiger partial charge in [-0.05, 0) is 83.8 Å². The first kappa shape index (κ1) is 41.7. The van der Waals surface area contributed by atoms with E-state index < -0.39 is 6.29 Å². The third kappa shape index (κ3) is 10.5. The topological polar surface area (TPSA) is 164 Å². The van der Waals surface area contributed by atoms with E-state index in [1.165, 1.54) is 0 Å². The van der Waals surface area contributed by atoms with E-state index in [4.69, 9.17) is 15.2 Å². The molecule has 12 heteroatoms. The molecule has 0 spiro atoms. The Hall–Kier alpha value is -6.05. The molecule has 8 rings (SSSR count). The van der Waals surface area contributed by atoms with E-state index in [1.807, 2.05) is 77.4 Å². The number of nitrogens with zero attached hydrogens (tertiary/aromatic N) is 2. The lowest BCUT2D eigenvalue weighted by Gasteiger charge is -2.40. The predicted octanol–water partition coefficient (Wildman–Crippen LogP) is 7.77. The summed E-state index contributed by atoms with van der Waals surface area (Å²) in [6.45, 7) is 2.87. The number of benzene rings is 5. The molecule has 2 amide bonds. The summed E-state index contributed by atoms with van der Waals surface area (Å²) in [7, 11) is 0. The number of aromatic nitrogens is 2. The number of nitrogens with two attached hydrogens (primary N) is 1. The van der Waals surface area contributed by atoms with Gasteiger partial charge in [0.15, 0.2) is 6.29 Å². The van der Waals surface area contributed by atoms with Crippen molar-refractivity contribution in [3.05, 3.63) is 154 Å². The molecule has 6 N–H and O–H groups in total. The summed E-state index contributed by atoms with van der Waals surface area (Å²) in [5.74, 6) is -0.172. The Balaban J connectivity index is 0.860. The number of nitrogen functional groups attached to an aromatic ring is 1. The van der Waals surface area contributed by atoms with Crippen LogP contribution in [0.4, 0.5) is 11.4 Å². The van der Waals surface area contributed by atoms with Crippen molar-refractivity contribution in [2.24, 2.45) is 0 Å². The number of anilines is 2. The highest BCUT2D eigenvalue weighted by Crippen LogP contribution is 2.39. The highest BCUT2D eigenvalue weighted by atomic mass is 16.7. The van der Waals surface area contributed by atoms with Crippen LogP contribution in [0.3, 0.4) is 0 Å². The number of unbranched alkanes of at least 4 members (excludes halogenated alkanes) is 1. The number of piperidine rings is 1. The van der Waals surface area contributed by atoms with Gasteiger partial charge in [0, 0.05) is 57.0 Å². The van der Waals surface area contributed by atoms with Crippen LogP contribution in [0.1, 0.15) is 85.6 Å². The molecule has 0 saturated carbocycles. The normalized spacial score (nSPS) is 18.5. The molecule has 2 aliphatic heterocycles. The second kappa shape index (κ2) is 19.6. The third-order valence-electron chi connectivity index (χ3n) is 11.8. The zero-order chi connectivity index (χ0) is 42.1. The van der Waals surface area contributed by atoms with Gasteiger partial charge in [-0.25, -0.2) is 4.79 Å². The fraction of sp³-hybridized carbons (Fsp3) is 0.327. The van der Waals surface area contributed by atoms with Crippen molar-refractivity contribution < 1.29 is 24.2 Å². The molecule has 61 heavy (non-hydrogen) atoms. The van der Waals surface area contributed by atoms with Gasteiger partial charge in [-0.1, -0.05) is 91.0 Å².